The van der Waals surface area contributed by atoms with Gasteiger partial charge in [-0.25, -0.2) is 4.39 Å². The number of hydrogen-bond donors (Lipinski definition) is 2. The zero-order valence-electron chi connectivity index (χ0n) is 15.0. The Morgan fingerprint density at radius 1 is 1.07 bits per heavy atom. The molecule has 0 spiro atoms. The van der Waals surface area contributed by atoms with E-state index in [-0.39, 0.29) is 24.6 Å². The molecule has 142 valence electrons. The number of amides is 3. The van der Waals surface area contributed by atoms with Crippen molar-refractivity contribution in [1.29, 1.82) is 0 Å². The van der Waals surface area contributed by atoms with Gasteiger partial charge in [0.05, 0.1) is 18.8 Å². The van der Waals surface area contributed by atoms with Crippen molar-refractivity contribution >= 4 is 35.2 Å². The molecule has 8 heteroatoms. The highest BCUT2D eigenvalue weighted by molar-refractivity contribution is 7.98. The lowest BCUT2D eigenvalue weighted by Gasteiger charge is -2.18. The van der Waals surface area contributed by atoms with Crippen LogP contribution >= 0.6 is 11.8 Å². The number of likely N-dealkylation sites (N-methyl/N-ethyl adjacent to an activating group) is 1. The summed E-state index contributed by atoms with van der Waals surface area (Å²) >= 11 is 1.51. The maximum atomic E-state index is 12.9. The van der Waals surface area contributed by atoms with Crippen LogP contribution in [0, 0.1) is 5.82 Å². The summed E-state index contributed by atoms with van der Waals surface area (Å²) in [6.07, 6.45) is 1.91. The largest absolute Gasteiger partial charge is 0.343 e. The van der Waals surface area contributed by atoms with E-state index in [0.29, 0.717) is 5.69 Å². The predicted molar refractivity (Wildman–Crippen MR) is 103 cm³/mol. The highest BCUT2D eigenvalue weighted by Gasteiger charge is 2.15. The van der Waals surface area contributed by atoms with Gasteiger partial charge in [-0.2, -0.15) is 0 Å². The molecule has 0 saturated heterocycles. The summed E-state index contributed by atoms with van der Waals surface area (Å²) in [4.78, 5) is 38.3. The van der Waals surface area contributed by atoms with E-state index >= 15 is 0 Å². The standard InChI is InChI=1S/C19H20FN3O3S/c1-23(12-17(24)22-15-5-3-4-6-16(15)27-2)18(25)11-21-19(26)13-7-9-14(20)10-8-13/h3-10H,11-12H2,1-2H3,(H,21,26)(H,22,24). The number of rotatable bonds is 7. The van der Waals surface area contributed by atoms with Crippen LogP contribution in [0.1, 0.15) is 10.4 Å². The van der Waals surface area contributed by atoms with Gasteiger partial charge in [-0.3, -0.25) is 14.4 Å². The molecule has 0 bridgehead atoms. The highest BCUT2D eigenvalue weighted by atomic mass is 32.2. The van der Waals surface area contributed by atoms with Crippen LogP contribution < -0.4 is 10.6 Å². The number of nitrogens with one attached hydrogen (secondary N) is 2. The SMILES string of the molecule is CSc1ccccc1NC(=O)CN(C)C(=O)CNC(=O)c1ccc(F)cc1. The van der Waals surface area contributed by atoms with Crippen molar-refractivity contribution in [2.75, 3.05) is 31.7 Å². The van der Waals surface area contributed by atoms with E-state index in [1.165, 1.54) is 48.0 Å². The minimum absolute atomic E-state index is 0.145. The smallest absolute Gasteiger partial charge is 0.251 e. The highest BCUT2D eigenvalue weighted by Crippen LogP contribution is 2.24. The third-order valence-corrected chi connectivity index (χ3v) is 4.49. The molecule has 2 rings (SSSR count). The number of nitrogens with zero attached hydrogens (tertiary/aromatic N) is 1. The average molecular weight is 389 g/mol. The van der Waals surface area contributed by atoms with Crippen LogP contribution in [0.2, 0.25) is 0 Å². The molecule has 2 aromatic rings. The molecule has 2 aromatic carbocycles. The van der Waals surface area contributed by atoms with Crippen LogP contribution in [-0.2, 0) is 9.59 Å². The number of para-hydroxylation sites is 1. The maximum Gasteiger partial charge on any atom is 0.251 e. The van der Waals surface area contributed by atoms with Crippen molar-refractivity contribution in [3.8, 4) is 0 Å². The van der Waals surface area contributed by atoms with Gasteiger partial charge in [0.2, 0.25) is 11.8 Å². The van der Waals surface area contributed by atoms with Gasteiger partial charge in [0.25, 0.3) is 5.91 Å². The number of anilines is 1. The summed E-state index contributed by atoms with van der Waals surface area (Å²) in [5, 5.41) is 5.22. The summed E-state index contributed by atoms with van der Waals surface area (Å²) < 4.78 is 12.9. The van der Waals surface area contributed by atoms with E-state index < -0.39 is 17.6 Å². The normalized spacial score (nSPS) is 10.2. The average Bonchev–Trinajstić information content (AvgIpc) is 2.66. The van der Waals surface area contributed by atoms with Gasteiger partial charge in [-0.05, 0) is 42.7 Å². The van der Waals surface area contributed by atoms with Gasteiger partial charge < -0.3 is 15.5 Å². The van der Waals surface area contributed by atoms with E-state index in [9.17, 15) is 18.8 Å². The number of halogens is 1. The molecule has 0 heterocycles. The third-order valence-electron chi connectivity index (χ3n) is 3.69. The van der Waals surface area contributed by atoms with Gasteiger partial charge in [0.15, 0.2) is 0 Å². The van der Waals surface area contributed by atoms with Crippen LogP contribution in [0.25, 0.3) is 0 Å². The lowest BCUT2D eigenvalue weighted by molar-refractivity contribution is -0.132. The second kappa shape index (κ2) is 9.72. The molecular formula is C19H20FN3O3S. The quantitative estimate of drug-likeness (QED) is 0.713. The third kappa shape index (κ3) is 6.10. The molecule has 2 N–H and O–H groups in total. The molecular weight excluding hydrogens is 369 g/mol. The molecule has 0 saturated carbocycles. The second-order valence-electron chi connectivity index (χ2n) is 5.69. The first kappa shape index (κ1) is 20.4. The van der Waals surface area contributed by atoms with Crippen LogP contribution in [0.15, 0.2) is 53.4 Å². The van der Waals surface area contributed by atoms with Crippen molar-refractivity contribution in [2.24, 2.45) is 0 Å². The number of hydrogen-bond acceptors (Lipinski definition) is 4. The molecule has 6 nitrogen and oxygen atoms in total. The van der Waals surface area contributed by atoms with Crippen molar-refractivity contribution in [1.82, 2.24) is 10.2 Å². The Balaban J connectivity index is 1.83. The van der Waals surface area contributed by atoms with Crippen molar-refractivity contribution < 1.29 is 18.8 Å². The zero-order chi connectivity index (χ0) is 19.8. The zero-order valence-corrected chi connectivity index (χ0v) is 15.8. The van der Waals surface area contributed by atoms with Gasteiger partial charge >= 0.3 is 0 Å². The summed E-state index contributed by atoms with van der Waals surface area (Å²) in [7, 11) is 1.48. The Morgan fingerprint density at radius 2 is 1.74 bits per heavy atom. The van der Waals surface area contributed by atoms with Crippen molar-refractivity contribution in [2.45, 2.75) is 4.90 Å². The number of thioether (sulfide) groups is 1. The molecule has 0 aliphatic carbocycles. The summed E-state index contributed by atoms with van der Waals surface area (Å²) in [5.41, 5.74) is 0.929. The monoisotopic (exact) mass is 389 g/mol. The second-order valence-corrected chi connectivity index (χ2v) is 6.54. The topological polar surface area (TPSA) is 78.5 Å². The predicted octanol–water partition coefficient (Wildman–Crippen LogP) is 2.37. The minimum atomic E-state index is -0.491. The van der Waals surface area contributed by atoms with Gasteiger partial charge in [0, 0.05) is 17.5 Å². The van der Waals surface area contributed by atoms with E-state index in [1.54, 1.807) is 6.07 Å². The minimum Gasteiger partial charge on any atom is -0.343 e. The van der Waals surface area contributed by atoms with Gasteiger partial charge in [-0.15, -0.1) is 11.8 Å². The molecule has 0 radical (unpaired) electrons. The maximum absolute atomic E-state index is 12.9. The lowest BCUT2D eigenvalue weighted by Crippen LogP contribution is -2.41. The summed E-state index contributed by atoms with van der Waals surface area (Å²) in [6, 6.07) is 12.4. The van der Waals surface area contributed by atoms with E-state index in [4.69, 9.17) is 0 Å². The Labute approximate surface area is 161 Å². The fraction of sp³-hybridized carbons (Fsp3) is 0.211. The van der Waals surface area contributed by atoms with E-state index in [2.05, 4.69) is 10.6 Å². The Kier molecular flexibility index (Phi) is 7.36. The van der Waals surface area contributed by atoms with E-state index in [0.717, 1.165) is 4.90 Å². The van der Waals surface area contributed by atoms with Crippen LogP contribution in [0.3, 0.4) is 0 Å². The number of carbonyl (C=O) groups is 3. The first-order valence-corrected chi connectivity index (χ1v) is 9.33. The van der Waals surface area contributed by atoms with Gasteiger partial charge in [0.1, 0.15) is 5.82 Å². The Morgan fingerprint density at radius 3 is 2.41 bits per heavy atom. The molecule has 27 heavy (non-hydrogen) atoms. The molecule has 0 aliphatic heterocycles. The fourth-order valence-corrected chi connectivity index (χ4v) is 2.79. The Bertz CT molecular complexity index is 827. The van der Waals surface area contributed by atoms with Gasteiger partial charge in [-0.1, -0.05) is 12.1 Å². The molecule has 0 atom stereocenters. The lowest BCUT2D eigenvalue weighted by atomic mass is 10.2. The first-order chi connectivity index (χ1) is 12.9. The Hall–Kier alpha value is -2.87. The fourth-order valence-electron chi connectivity index (χ4n) is 2.24. The van der Waals surface area contributed by atoms with Crippen LogP contribution in [-0.4, -0.2) is 49.0 Å². The van der Waals surface area contributed by atoms with Crippen molar-refractivity contribution in [3.05, 3.63) is 59.9 Å². The summed E-state index contributed by atoms with van der Waals surface area (Å²) in [5.74, 6) is -1.69. The van der Waals surface area contributed by atoms with Crippen molar-refractivity contribution in [3.63, 3.8) is 0 Å². The molecule has 3 amide bonds. The van der Waals surface area contributed by atoms with Crippen LogP contribution in [0.4, 0.5) is 10.1 Å². The van der Waals surface area contributed by atoms with Crippen LogP contribution in [0.5, 0.6) is 0 Å². The molecule has 0 aromatic heterocycles. The first-order valence-electron chi connectivity index (χ1n) is 8.11. The number of carbonyl (C=O) groups excluding carboxylic acids is 3. The molecule has 0 unspecified atom stereocenters. The van der Waals surface area contributed by atoms with E-state index in [1.807, 2.05) is 24.5 Å². The number of benzene rings is 2. The molecule has 0 aliphatic rings. The summed E-state index contributed by atoms with van der Waals surface area (Å²) in [6.45, 7) is -0.407. The molecule has 0 fully saturated rings.